The number of nitrogens with one attached hydrogen (secondary N) is 4. The lowest BCUT2D eigenvalue weighted by molar-refractivity contribution is -0.129. The van der Waals surface area contributed by atoms with Crippen LogP contribution in [0.4, 0.5) is 0 Å². The van der Waals surface area contributed by atoms with Gasteiger partial charge in [-0.15, -0.1) is 0 Å². The molecule has 4 N–H and O–H groups in total. The van der Waals surface area contributed by atoms with Crippen LogP contribution in [0.2, 0.25) is 0 Å². The highest BCUT2D eigenvalue weighted by molar-refractivity contribution is 5.85. The predicted molar refractivity (Wildman–Crippen MR) is 106 cm³/mol. The standard InChI is InChI=1S/C21H37N5O/c1-3-21(2)17-15(9-11-23-19(17)24-20(21)27)18-14-6-4-5-7-16(14)26(25-18)13-8-10-22-12-13/h13-19,22-23,25H,3-12H2,1-2H3,(H,24,27)/t13-,14?,15?,16?,17?,18?,19?,21-/m0/s1. The molecule has 4 saturated heterocycles. The van der Waals surface area contributed by atoms with E-state index in [-0.39, 0.29) is 17.5 Å². The van der Waals surface area contributed by atoms with E-state index in [1.165, 1.54) is 38.5 Å². The fraction of sp³-hybridized carbons (Fsp3) is 0.952. The minimum absolute atomic E-state index is 0.159. The van der Waals surface area contributed by atoms with Crippen LogP contribution in [0.3, 0.4) is 0 Å². The molecular formula is C21H37N5O. The van der Waals surface area contributed by atoms with Crippen molar-refractivity contribution in [1.29, 1.82) is 0 Å². The van der Waals surface area contributed by atoms with E-state index in [2.05, 4.69) is 40.2 Å². The zero-order chi connectivity index (χ0) is 18.6. The molecule has 0 aromatic heterocycles. The maximum atomic E-state index is 12.8. The molecule has 152 valence electrons. The van der Waals surface area contributed by atoms with Gasteiger partial charge in [-0.1, -0.05) is 26.7 Å². The van der Waals surface area contributed by atoms with Gasteiger partial charge in [0.25, 0.3) is 0 Å². The quantitative estimate of drug-likeness (QED) is 0.597. The van der Waals surface area contributed by atoms with E-state index in [0.29, 0.717) is 30.0 Å². The van der Waals surface area contributed by atoms with Gasteiger partial charge in [-0.3, -0.25) is 15.5 Å². The van der Waals surface area contributed by atoms with Crippen LogP contribution in [0.1, 0.15) is 58.8 Å². The minimum atomic E-state index is -0.239. The van der Waals surface area contributed by atoms with Gasteiger partial charge in [-0.25, -0.2) is 5.01 Å². The smallest absolute Gasteiger partial charge is 0.227 e. The van der Waals surface area contributed by atoms with E-state index in [9.17, 15) is 4.79 Å². The van der Waals surface area contributed by atoms with Crippen molar-refractivity contribution in [1.82, 2.24) is 26.4 Å². The Kier molecular flexibility index (Phi) is 4.74. The van der Waals surface area contributed by atoms with Crippen LogP contribution in [0.25, 0.3) is 0 Å². The molecule has 27 heavy (non-hydrogen) atoms. The molecular weight excluding hydrogens is 338 g/mol. The van der Waals surface area contributed by atoms with Crippen molar-refractivity contribution in [3.8, 4) is 0 Å². The number of carbonyl (C=O) groups is 1. The molecule has 1 saturated carbocycles. The van der Waals surface area contributed by atoms with Crippen molar-refractivity contribution < 1.29 is 4.79 Å². The topological polar surface area (TPSA) is 68.4 Å². The SMILES string of the molecule is CC[C@]1(C)C(=O)NC2NCCC(C3NN([C@H]4CCNC4)C4CCCCC34)C21. The third-order valence-electron chi connectivity index (χ3n) is 8.73. The number of rotatable bonds is 3. The van der Waals surface area contributed by atoms with E-state index in [0.717, 1.165) is 32.0 Å². The third-order valence-corrected chi connectivity index (χ3v) is 8.73. The van der Waals surface area contributed by atoms with Gasteiger partial charge in [0.05, 0.1) is 11.6 Å². The molecule has 0 radical (unpaired) electrons. The van der Waals surface area contributed by atoms with E-state index in [4.69, 9.17) is 0 Å². The summed E-state index contributed by atoms with van der Waals surface area (Å²) in [6.07, 6.45) is 8.96. The van der Waals surface area contributed by atoms with Crippen molar-refractivity contribution in [2.24, 2.45) is 23.2 Å². The number of amides is 1. The second kappa shape index (κ2) is 6.97. The molecule has 0 aromatic carbocycles. The molecule has 6 nitrogen and oxygen atoms in total. The van der Waals surface area contributed by atoms with Crippen molar-refractivity contribution in [2.45, 2.75) is 83.1 Å². The fourth-order valence-corrected chi connectivity index (χ4v) is 7.13. The Morgan fingerprint density at radius 3 is 2.74 bits per heavy atom. The molecule has 0 aromatic rings. The number of fused-ring (bicyclic) bond motifs is 2. The Labute approximate surface area is 163 Å². The van der Waals surface area contributed by atoms with Crippen LogP contribution >= 0.6 is 0 Å². The van der Waals surface area contributed by atoms with E-state index < -0.39 is 0 Å². The monoisotopic (exact) mass is 375 g/mol. The van der Waals surface area contributed by atoms with Crippen molar-refractivity contribution in [2.75, 3.05) is 19.6 Å². The van der Waals surface area contributed by atoms with Crippen LogP contribution in [0.5, 0.6) is 0 Å². The Morgan fingerprint density at radius 2 is 1.96 bits per heavy atom. The molecule has 5 fully saturated rings. The van der Waals surface area contributed by atoms with Crippen molar-refractivity contribution in [3.05, 3.63) is 0 Å². The largest absolute Gasteiger partial charge is 0.340 e. The molecule has 6 heteroatoms. The van der Waals surface area contributed by atoms with Crippen molar-refractivity contribution in [3.63, 3.8) is 0 Å². The summed E-state index contributed by atoms with van der Waals surface area (Å²) in [5.74, 6) is 1.98. The van der Waals surface area contributed by atoms with Gasteiger partial charge in [0, 0.05) is 30.6 Å². The van der Waals surface area contributed by atoms with Crippen LogP contribution in [-0.4, -0.2) is 54.8 Å². The normalized spacial score (nSPS) is 50.4. The second-order valence-corrected chi connectivity index (χ2v) is 9.88. The fourth-order valence-electron chi connectivity index (χ4n) is 7.13. The summed E-state index contributed by atoms with van der Waals surface area (Å²) in [5, 5.41) is 13.1. The molecule has 5 rings (SSSR count). The summed E-state index contributed by atoms with van der Waals surface area (Å²) in [5.41, 5.74) is 3.82. The molecule has 4 aliphatic heterocycles. The van der Waals surface area contributed by atoms with Crippen LogP contribution in [0, 0.1) is 23.2 Å². The van der Waals surface area contributed by atoms with Gasteiger partial charge in [0.1, 0.15) is 0 Å². The van der Waals surface area contributed by atoms with Crippen molar-refractivity contribution >= 4 is 5.91 Å². The average Bonchev–Trinajstić information content (AvgIpc) is 3.39. The van der Waals surface area contributed by atoms with Gasteiger partial charge >= 0.3 is 0 Å². The number of hydrazine groups is 1. The zero-order valence-electron chi connectivity index (χ0n) is 17.0. The predicted octanol–water partition coefficient (Wildman–Crippen LogP) is 1.19. The minimum Gasteiger partial charge on any atom is -0.340 e. The van der Waals surface area contributed by atoms with Crippen LogP contribution in [-0.2, 0) is 4.79 Å². The molecule has 4 heterocycles. The van der Waals surface area contributed by atoms with Gasteiger partial charge < -0.3 is 10.6 Å². The Hall–Kier alpha value is -0.690. The van der Waals surface area contributed by atoms with E-state index >= 15 is 0 Å². The highest BCUT2D eigenvalue weighted by Gasteiger charge is 2.59. The second-order valence-electron chi connectivity index (χ2n) is 9.88. The first-order valence-corrected chi connectivity index (χ1v) is 11.4. The average molecular weight is 376 g/mol. The first-order valence-electron chi connectivity index (χ1n) is 11.4. The molecule has 6 unspecified atom stereocenters. The third kappa shape index (κ3) is 2.78. The Morgan fingerprint density at radius 1 is 1.11 bits per heavy atom. The molecule has 0 spiro atoms. The summed E-state index contributed by atoms with van der Waals surface area (Å²) in [6.45, 7) is 7.68. The zero-order valence-corrected chi connectivity index (χ0v) is 17.0. The molecule has 8 atom stereocenters. The maximum Gasteiger partial charge on any atom is 0.227 e. The summed E-state index contributed by atoms with van der Waals surface area (Å²) < 4.78 is 0. The van der Waals surface area contributed by atoms with Gasteiger partial charge in [0.15, 0.2) is 0 Å². The summed E-state index contributed by atoms with van der Waals surface area (Å²) in [7, 11) is 0. The number of carbonyl (C=O) groups excluding carboxylic acids is 1. The number of piperidine rings is 1. The first-order chi connectivity index (χ1) is 13.1. The van der Waals surface area contributed by atoms with E-state index in [1.54, 1.807) is 0 Å². The summed E-state index contributed by atoms with van der Waals surface area (Å²) >= 11 is 0. The van der Waals surface area contributed by atoms with Crippen LogP contribution < -0.4 is 21.4 Å². The molecule has 0 bridgehead atoms. The summed E-state index contributed by atoms with van der Waals surface area (Å²) in [4.78, 5) is 12.8. The maximum absolute atomic E-state index is 12.8. The van der Waals surface area contributed by atoms with E-state index in [1.807, 2.05) is 0 Å². The first kappa shape index (κ1) is 18.3. The molecule has 1 amide bonds. The van der Waals surface area contributed by atoms with Gasteiger partial charge in [-0.05, 0) is 57.0 Å². The number of hydrogen-bond acceptors (Lipinski definition) is 5. The van der Waals surface area contributed by atoms with Gasteiger partial charge in [-0.2, -0.15) is 0 Å². The van der Waals surface area contributed by atoms with Gasteiger partial charge in [0.2, 0.25) is 5.91 Å². The Bertz CT molecular complexity index is 579. The van der Waals surface area contributed by atoms with Crippen LogP contribution in [0.15, 0.2) is 0 Å². The highest BCUT2D eigenvalue weighted by Crippen LogP contribution is 2.50. The molecule has 5 aliphatic rings. The number of hydrogen-bond donors (Lipinski definition) is 4. The lowest BCUT2D eigenvalue weighted by Crippen LogP contribution is -2.57. The Balaban J connectivity index is 1.44. The highest BCUT2D eigenvalue weighted by atomic mass is 16.2. The molecule has 1 aliphatic carbocycles. The number of nitrogens with zero attached hydrogens (tertiary/aromatic N) is 1. The lowest BCUT2D eigenvalue weighted by Gasteiger charge is -2.44. The lowest BCUT2D eigenvalue weighted by atomic mass is 9.62. The summed E-state index contributed by atoms with van der Waals surface area (Å²) in [6, 6.07) is 1.86.